The number of amides is 2. The minimum atomic E-state index is -0.571. The number of carbonyl (C=O) groups excluding carboxylic acids is 2. The molecular weight excluding hydrogens is 256 g/mol. The highest BCUT2D eigenvalue weighted by atomic mass is 16.2. The summed E-state index contributed by atoms with van der Waals surface area (Å²) in [6.45, 7) is 2.77. The first-order valence-electron chi connectivity index (χ1n) is 6.64. The van der Waals surface area contributed by atoms with Crippen LogP contribution in [0.2, 0.25) is 0 Å². The van der Waals surface area contributed by atoms with E-state index in [0.29, 0.717) is 6.54 Å². The molecule has 6 heteroatoms. The molecule has 0 heterocycles. The molecule has 0 bridgehead atoms. The van der Waals surface area contributed by atoms with Crippen LogP contribution >= 0.6 is 0 Å². The zero-order chi connectivity index (χ0) is 15.0. The second-order valence-corrected chi connectivity index (χ2v) is 4.47. The molecule has 6 nitrogen and oxygen atoms in total. The Kier molecular flexibility index (Phi) is 6.69. The van der Waals surface area contributed by atoms with Crippen LogP contribution in [-0.4, -0.2) is 36.9 Å². The van der Waals surface area contributed by atoms with Crippen molar-refractivity contribution < 1.29 is 9.59 Å². The Hall–Kier alpha value is -1.92. The molecular formula is C14H22N4O2. The number of hydrazine groups is 1. The summed E-state index contributed by atoms with van der Waals surface area (Å²) in [4.78, 5) is 25.5. The van der Waals surface area contributed by atoms with Gasteiger partial charge in [-0.2, -0.15) is 0 Å². The van der Waals surface area contributed by atoms with Crippen LogP contribution in [0.1, 0.15) is 24.9 Å². The topological polar surface area (TPSA) is 87.5 Å². The summed E-state index contributed by atoms with van der Waals surface area (Å²) in [6.07, 6.45) is 0.832. The number of nitrogens with zero attached hydrogens (tertiary/aromatic N) is 1. The molecule has 0 saturated carbocycles. The number of likely N-dealkylation sites (N-methyl/N-ethyl adjacent to an activating group) is 1. The lowest BCUT2D eigenvalue weighted by molar-refractivity contribution is -0.129. The number of rotatable bonds is 7. The molecule has 1 aromatic rings. The molecule has 0 radical (unpaired) electrons. The maximum absolute atomic E-state index is 12.1. The van der Waals surface area contributed by atoms with Crippen molar-refractivity contribution in [2.75, 3.05) is 20.1 Å². The fourth-order valence-electron chi connectivity index (χ4n) is 2.09. The quantitative estimate of drug-likeness (QED) is 0.377. The van der Waals surface area contributed by atoms with E-state index in [9.17, 15) is 9.59 Å². The predicted molar refractivity (Wildman–Crippen MR) is 77.4 cm³/mol. The number of carbonyl (C=O) groups is 2. The Morgan fingerprint density at radius 2 is 1.95 bits per heavy atom. The Morgan fingerprint density at radius 1 is 1.30 bits per heavy atom. The molecule has 1 rings (SSSR count). The van der Waals surface area contributed by atoms with E-state index in [4.69, 9.17) is 5.84 Å². The van der Waals surface area contributed by atoms with Gasteiger partial charge in [0.2, 0.25) is 5.91 Å². The monoisotopic (exact) mass is 278 g/mol. The van der Waals surface area contributed by atoms with E-state index in [1.165, 1.54) is 0 Å². The van der Waals surface area contributed by atoms with Crippen molar-refractivity contribution in [1.29, 1.82) is 0 Å². The molecule has 1 unspecified atom stereocenters. The SMILES string of the molecule is CCCN(CC(=O)NC)C(C(=O)NN)c1ccccc1. The van der Waals surface area contributed by atoms with Gasteiger partial charge >= 0.3 is 0 Å². The summed E-state index contributed by atoms with van der Waals surface area (Å²) in [5, 5.41) is 2.57. The summed E-state index contributed by atoms with van der Waals surface area (Å²) in [5.74, 6) is 4.82. The van der Waals surface area contributed by atoms with Gasteiger partial charge in [-0.1, -0.05) is 37.3 Å². The smallest absolute Gasteiger partial charge is 0.255 e. The molecule has 0 aliphatic rings. The summed E-state index contributed by atoms with van der Waals surface area (Å²) >= 11 is 0. The maximum atomic E-state index is 12.1. The van der Waals surface area contributed by atoms with Gasteiger partial charge in [0, 0.05) is 7.05 Å². The average Bonchev–Trinajstić information content (AvgIpc) is 2.48. The largest absolute Gasteiger partial charge is 0.358 e. The lowest BCUT2D eigenvalue weighted by Gasteiger charge is -2.29. The summed E-state index contributed by atoms with van der Waals surface area (Å²) in [7, 11) is 1.58. The van der Waals surface area contributed by atoms with Crippen molar-refractivity contribution >= 4 is 11.8 Å². The molecule has 1 atom stereocenters. The van der Waals surface area contributed by atoms with E-state index < -0.39 is 6.04 Å². The lowest BCUT2D eigenvalue weighted by atomic mass is 10.0. The number of nitrogens with two attached hydrogens (primary N) is 1. The standard InChI is InChI=1S/C14H22N4O2/c1-3-9-18(10-12(19)16-2)13(14(20)17-15)11-7-5-4-6-8-11/h4-8,13H,3,9-10,15H2,1-2H3,(H,16,19)(H,17,20). The van der Waals surface area contributed by atoms with Crippen LogP contribution in [0.15, 0.2) is 30.3 Å². The van der Waals surface area contributed by atoms with E-state index in [0.717, 1.165) is 12.0 Å². The molecule has 2 amide bonds. The molecule has 4 N–H and O–H groups in total. The lowest BCUT2D eigenvalue weighted by Crippen LogP contribution is -2.46. The molecule has 20 heavy (non-hydrogen) atoms. The zero-order valence-corrected chi connectivity index (χ0v) is 11.9. The van der Waals surface area contributed by atoms with Crippen LogP contribution in [0.25, 0.3) is 0 Å². The van der Waals surface area contributed by atoms with Gasteiger partial charge in [-0.25, -0.2) is 5.84 Å². The van der Waals surface area contributed by atoms with Gasteiger partial charge in [-0.15, -0.1) is 0 Å². The predicted octanol–water partition coefficient (Wildman–Crippen LogP) is 0.176. The van der Waals surface area contributed by atoms with Gasteiger partial charge in [0.05, 0.1) is 6.54 Å². The second-order valence-electron chi connectivity index (χ2n) is 4.47. The van der Waals surface area contributed by atoms with Crippen LogP contribution < -0.4 is 16.6 Å². The summed E-state index contributed by atoms with van der Waals surface area (Å²) in [6, 6.07) is 8.73. The van der Waals surface area contributed by atoms with Crippen molar-refractivity contribution in [3.63, 3.8) is 0 Å². The van der Waals surface area contributed by atoms with Gasteiger partial charge < -0.3 is 5.32 Å². The van der Waals surface area contributed by atoms with Crippen molar-refractivity contribution in [2.24, 2.45) is 5.84 Å². The fourth-order valence-corrected chi connectivity index (χ4v) is 2.09. The van der Waals surface area contributed by atoms with Gasteiger partial charge in [0.25, 0.3) is 5.91 Å². The summed E-state index contributed by atoms with van der Waals surface area (Å²) in [5.41, 5.74) is 2.99. The summed E-state index contributed by atoms with van der Waals surface area (Å²) < 4.78 is 0. The first kappa shape index (κ1) is 16.1. The number of benzene rings is 1. The molecule has 0 aromatic heterocycles. The maximum Gasteiger partial charge on any atom is 0.255 e. The second kappa shape index (κ2) is 8.29. The van der Waals surface area contributed by atoms with Crippen molar-refractivity contribution in [3.8, 4) is 0 Å². The Bertz CT molecular complexity index is 436. The highest BCUT2D eigenvalue weighted by Crippen LogP contribution is 2.20. The van der Waals surface area contributed by atoms with Gasteiger partial charge in [-0.3, -0.25) is 19.9 Å². The third kappa shape index (κ3) is 4.32. The van der Waals surface area contributed by atoms with E-state index >= 15 is 0 Å². The Labute approximate surface area is 119 Å². The van der Waals surface area contributed by atoms with Crippen molar-refractivity contribution in [3.05, 3.63) is 35.9 Å². The Balaban J connectivity index is 3.05. The van der Waals surface area contributed by atoms with Gasteiger partial charge in [0.15, 0.2) is 0 Å². The minimum Gasteiger partial charge on any atom is -0.358 e. The third-order valence-electron chi connectivity index (χ3n) is 3.01. The van der Waals surface area contributed by atoms with Crippen LogP contribution in [0.3, 0.4) is 0 Å². The molecule has 0 aliphatic carbocycles. The van der Waals surface area contributed by atoms with E-state index in [1.54, 1.807) is 7.05 Å². The van der Waals surface area contributed by atoms with E-state index in [2.05, 4.69) is 10.7 Å². The Morgan fingerprint density at radius 3 is 2.45 bits per heavy atom. The molecule has 110 valence electrons. The number of hydrogen-bond donors (Lipinski definition) is 3. The first-order chi connectivity index (χ1) is 9.63. The molecule has 0 aliphatic heterocycles. The van der Waals surface area contributed by atoms with Crippen LogP contribution in [0, 0.1) is 0 Å². The normalized spacial score (nSPS) is 12.0. The first-order valence-corrected chi connectivity index (χ1v) is 6.64. The van der Waals surface area contributed by atoms with Gasteiger partial charge in [-0.05, 0) is 18.5 Å². The molecule has 1 aromatic carbocycles. The van der Waals surface area contributed by atoms with Crippen LogP contribution in [-0.2, 0) is 9.59 Å². The third-order valence-corrected chi connectivity index (χ3v) is 3.01. The van der Waals surface area contributed by atoms with E-state index in [1.807, 2.05) is 42.2 Å². The average molecular weight is 278 g/mol. The zero-order valence-electron chi connectivity index (χ0n) is 11.9. The van der Waals surface area contributed by atoms with Gasteiger partial charge in [0.1, 0.15) is 6.04 Å². The minimum absolute atomic E-state index is 0.135. The van der Waals surface area contributed by atoms with Crippen molar-refractivity contribution in [2.45, 2.75) is 19.4 Å². The highest BCUT2D eigenvalue weighted by molar-refractivity contribution is 5.84. The molecule has 0 fully saturated rings. The molecule has 0 saturated heterocycles. The van der Waals surface area contributed by atoms with Crippen LogP contribution in [0.4, 0.5) is 0 Å². The molecule has 0 spiro atoms. The highest BCUT2D eigenvalue weighted by Gasteiger charge is 2.27. The number of nitrogens with one attached hydrogen (secondary N) is 2. The number of hydrogen-bond acceptors (Lipinski definition) is 4. The fraction of sp³-hybridized carbons (Fsp3) is 0.429. The van der Waals surface area contributed by atoms with E-state index in [-0.39, 0.29) is 18.4 Å². The van der Waals surface area contributed by atoms with Crippen LogP contribution in [0.5, 0.6) is 0 Å². The van der Waals surface area contributed by atoms with Crippen molar-refractivity contribution in [1.82, 2.24) is 15.6 Å².